The van der Waals surface area contributed by atoms with E-state index in [-0.39, 0.29) is 5.97 Å². The molecule has 1 heterocycles. The normalized spacial score (nSPS) is 13.4. The molecule has 150 valence electrons. The van der Waals surface area contributed by atoms with E-state index in [1.54, 1.807) is 11.3 Å². The summed E-state index contributed by atoms with van der Waals surface area (Å²) in [5.41, 5.74) is 4.07. The standard InChI is InChI=1S/C22H28N2O2S2/c1-3-4-10-15-11-8-9-13-17(15)23-22(27)24-20-19(21(25)26-2)16-12-6-5-7-14-18(16)28-20/h8-9,11,13H,3-7,10,12,14H2,1-2H3,(H2,23,24,27). The lowest BCUT2D eigenvalue weighted by Gasteiger charge is -2.14. The zero-order chi connectivity index (χ0) is 19.9. The van der Waals surface area contributed by atoms with Crippen LogP contribution in [0, 0.1) is 0 Å². The summed E-state index contributed by atoms with van der Waals surface area (Å²) in [5, 5.41) is 7.89. The summed E-state index contributed by atoms with van der Waals surface area (Å²) < 4.78 is 5.07. The molecule has 2 aromatic rings. The first-order valence-corrected chi connectivity index (χ1v) is 11.2. The number of hydrogen-bond donors (Lipinski definition) is 2. The summed E-state index contributed by atoms with van der Waals surface area (Å²) in [6.07, 6.45) is 8.75. The van der Waals surface area contributed by atoms with Gasteiger partial charge in [-0.05, 0) is 67.9 Å². The first-order valence-electron chi connectivity index (χ1n) is 10.0. The Hall–Kier alpha value is -1.92. The van der Waals surface area contributed by atoms with Crippen LogP contribution in [-0.4, -0.2) is 18.2 Å². The Labute approximate surface area is 176 Å². The highest BCUT2D eigenvalue weighted by atomic mass is 32.1. The van der Waals surface area contributed by atoms with Crippen LogP contribution < -0.4 is 10.6 Å². The molecule has 2 N–H and O–H groups in total. The first-order chi connectivity index (χ1) is 13.6. The number of nitrogens with one attached hydrogen (secondary N) is 2. The van der Waals surface area contributed by atoms with Gasteiger partial charge in [0.1, 0.15) is 5.00 Å². The van der Waals surface area contributed by atoms with E-state index in [1.165, 1.54) is 30.4 Å². The predicted molar refractivity (Wildman–Crippen MR) is 122 cm³/mol. The Morgan fingerprint density at radius 1 is 1.18 bits per heavy atom. The van der Waals surface area contributed by atoms with Crippen molar-refractivity contribution in [1.29, 1.82) is 0 Å². The van der Waals surface area contributed by atoms with Gasteiger partial charge in [-0.1, -0.05) is 38.0 Å². The number of thiocarbonyl (C=S) groups is 1. The Bertz CT molecular complexity index is 845. The fourth-order valence-corrected chi connectivity index (χ4v) is 5.19. The van der Waals surface area contributed by atoms with Crippen LogP contribution >= 0.6 is 23.6 Å². The molecule has 3 rings (SSSR count). The first kappa shape index (κ1) is 20.8. The highest BCUT2D eigenvalue weighted by molar-refractivity contribution is 7.80. The Morgan fingerprint density at radius 2 is 1.96 bits per heavy atom. The topological polar surface area (TPSA) is 50.4 Å². The van der Waals surface area contributed by atoms with Gasteiger partial charge in [-0.3, -0.25) is 0 Å². The molecule has 0 saturated heterocycles. The summed E-state index contributed by atoms with van der Waals surface area (Å²) in [5.74, 6) is -0.284. The predicted octanol–water partition coefficient (Wildman–Crippen LogP) is 5.96. The van der Waals surface area contributed by atoms with Crippen LogP contribution in [0.1, 0.15) is 65.4 Å². The maximum atomic E-state index is 12.5. The van der Waals surface area contributed by atoms with Crippen LogP contribution in [-0.2, 0) is 24.0 Å². The maximum absolute atomic E-state index is 12.5. The molecule has 0 unspecified atom stereocenters. The van der Waals surface area contributed by atoms with Crippen molar-refractivity contribution < 1.29 is 9.53 Å². The molecule has 1 aromatic carbocycles. The van der Waals surface area contributed by atoms with Gasteiger partial charge in [0.25, 0.3) is 0 Å². The molecule has 6 heteroatoms. The maximum Gasteiger partial charge on any atom is 0.341 e. The number of esters is 1. The molecule has 0 radical (unpaired) electrons. The number of carbonyl (C=O) groups is 1. The highest BCUT2D eigenvalue weighted by Crippen LogP contribution is 2.38. The zero-order valence-electron chi connectivity index (χ0n) is 16.6. The average molecular weight is 417 g/mol. The van der Waals surface area contributed by atoms with Gasteiger partial charge in [-0.2, -0.15) is 0 Å². The molecule has 0 bridgehead atoms. The zero-order valence-corrected chi connectivity index (χ0v) is 18.2. The van der Waals surface area contributed by atoms with E-state index in [1.807, 2.05) is 12.1 Å². The van der Waals surface area contributed by atoms with Crippen LogP contribution in [0.5, 0.6) is 0 Å². The lowest BCUT2D eigenvalue weighted by Crippen LogP contribution is -2.21. The number of unbranched alkanes of at least 4 members (excludes halogenated alkanes) is 1. The second kappa shape index (κ2) is 10.0. The largest absolute Gasteiger partial charge is 0.465 e. The van der Waals surface area contributed by atoms with Gasteiger partial charge in [0.05, 0.1) is 12.7 Å². The van der Waals surface area contributed by atoms with Gasteiger partial charge in [-0.15, -0.1) is 11.3 Å². The van der Waals surface area contributed by atoms with Gasteiger partial charge in [0, 0.05) is 10.6 Å². The van der Waals surface area contributed by atoms with Crippen molar-refractivity contribution in [3.63, 3.8) is 0 Å². The summed E-state index contributed by atoms with van der Waals surface area (Å²) >= 11 is 7.21. The van der Waals surface area contributed by atoms with E-state index in [2.05, 4.69) is 29.7 Å². The lowest BCUT2D eigenvalue weighted by atomic mass is 10.1. The minimum Gasteiger partial charge on any atom is -0.465 e. The van der Waals surface area contributed by atoms with Crippen LogP contribution in [0.2, 0.25) is 0 Å². The third-order valence-electron chi connectivity index (χ3n) is 5.10. The Morgan fingerprint density at radius 3 is 2.75 bits per heavy atom. The quantitative estimate of drug-likeness (QED) is 0.346. The molecule has 0 aliphatic heterocycles. The molecule has 0 saturated carbocycles. The molecular formula is C22H28N2O2S2. The van der Waals surface area contributed by atoms with Crippen LogP contribution in [0.4, 0.5) is 10.7 Å². The number of rotatable bonds is 6. The lowest BCUT2D eigenvalue weighted by molar-refractivity contribution is 0.0601. The molecule has 1 aromatic heterocycles. The molecule has 1 aliphatic rings. The number of anilines is 2. The number of benzene rings is 1. The number of hydrogen-bond acceptors (Lipinski definition) is 4. The van der Waals surface area contributed by atoms with E-state index in [4.69, 9.17) is 17.0 Å². The molecular weight excluding hydrogens is 388 g/mol. The molecule has 1 aliphatic carbocycles. The minimum absolute atomic E-state index is 0.284. The van der Waals surface area contributed by atoms with Gasteiger partial charge in [-0.25, -0.2) is 4.79 Å². The number of para-hydroxylation sites is 1. The number of methoxy groups -OCH3 is 1. The van der Waals surface area contributed by atoms with Crippen LogP contribution in [0.3, 0.4) is 0 Å². The van der Waals surface area contributed by atoms with Crippen molar-refractivity contribution in [1.82, 2.24) is 0 Å². The second-order valence-electron chi connectivity index (χ2n) is 7.10. The van der Waals surface area contributed by atoms with Crippen molar-refractivity contribution in [2.45, 2.75) is 58.3 Å². The van der Waals surface area contributed by atoms with Crippen molar-refractivity contribution in [3.05, 3.63) is 45.8 Å². The smallest absolute Gasteiger partial charge is 0.341 e. The minimum atomic E-state index is -0.284. The number of fused-ring (bicyclic) bond motifs is 1. The number of thiophene rings is 1. The summed E-state index contributed by atoms with van der Waals surface area (Å²) in [7, 11) is 1.44. The van der Waals surface area contributed by atoms with Crippen LogP contribution in [0.15, 0.2) is 24.3 Å². The Balaban J connectivity index is 1.80. The monoisotopic (exact) mass is 416 g/mol. The number of carbonyl (C=O) groups excluding carboxylic acids is 1. The van der Waals surface area contributed by atoms with E-state index >= 15 is 0 Å². The third-order valence-corrected chi connectivity index (χ3v) is 6.51. The van der Waals surface area contributed by atoms with E-state index < -0.39 is 0 Å². The third kappa shape index (κ3) is 4.92. The highest BCUT2D eigenvalue weighted by Gasteiger charge is 2.25. The Kier molecular flexibility index (Phi) is 7.45. The van der Waals surface area contributed by atoms with Crippen molar-refractivity contribution in [2.75, 3.05) is 17.7 Å². The van der Waals surface area contributed by atoms with Crippen molar-refractivity contribution in [2.24, 2.45) is 0 Å². The summed E-state index contributed by atoms with van der Waals surface area (Å²) in [6, 6.07) is 8.24. The van der Waals surface area contributed by atoms with E-state index in [0.717, 1.165) is 54.8 Å². The summed E-state index contributed by atoms with van der Waals surface area (Å²) in [4.78, 5) is 13.8. The number of aryl methyl sites for hydroxylation is 2. The molecule has 0 fully saturated rings. The molecule has 0 amide bonds. The van der Waals surface area contributed by atoms with Crippen molar-refractivity contribution >= 4 is 45.3 Å². The van der Waals surface area contributed by atoms with E-state index in [0.29, 0.717) is 10.7 Å². The number of ether oxygens (including phenoxy) is 1. The summed E-state index contributed by atoms with van der Waals surface area (Å²) in [6.45, 7) is 2.19. The van der Waals surface area contributed by atoms with Crippen molar-refractivity contribution in [3.8, 4) is 0 Å². The molecule has 0 atom stereocenters. The fraction of sp³-hybridized carbons (Fsp3) is 0.455. The fourth-order valence-electron chi connectivity index (χ4n) is 3.63. The van der Waals surface area contributed by atoms with Gasteiger partial charge >= 0.3 is 5.97 Å². The van der Waals surface area contributed by atoms with Gasteiger partial charge in [0.2, 0.25) is 0 Å². The SMILES string of the molecule is CCCCc1ccccc1NC(=S)Nc1sc2c(c1C(=O)OC)CCCCC2. The molecule has 28 heavy (non-hydrogen) atoms. The van der Waals surface area contributed by atoms with E-state index in [9.17, 15) is 4.79 Å². The molecule has 4 nitrogen and oxygen atoms in total. The van der Waals surface area contributed by atoms with Gasteiger partial charge < -0.3 is 15.4 Å². The van der Waals surface area contributed by atoms with Gasteiger partial charge in [0.15, 0.2) is 5.11 Å². The average Bonchev–Trinajstić information content (AvgIpc) is 2.87. The molecule has 0 spiro atoms. The second-order valence-corrected chi connectivity index (χ2v) is 8.61. The van der Waals surface area contributed by atoms with Crippen LogP contribution in [0.25, 0.3) is 0 Å².